The number of carbonyl (C=O) groups is 3. The number of nitrogens with one attached hydrogen (secondary N) is 1. The number of ketones is 1. The fourth-order valence-electron chi connectivity index (χ4n) is 2.90. The van der Waals surface area contributed by atoms with E-state index in [-0.39, 0.29) is 23.2 Å². The second kappa shape index (κ2) is 10.8. The highest BCUT2D eigenvalue weighted by Gasteiger charge is 2.29. The van der Waals surface area contributed by atoms with Crippen molar-refractivity contribution in [3.63, 3.8) is 0 Å². The molecular formula is C25H25NO6S2. The van der Waals surface area contributed by atoms with Gasteiger partial charge in [-0.2, -0.15) is 0 Å². The van der Waals surface area contributed by atoms with Crippen molar-refractivity contribution in [2.45, 2.75) is 37.7 Å². The lowest BCUT2D eigenvalue weighted by atomic mass is 10.0. The van der Waals surface area contributed by atoms with Crippen LogP contribution < -0.4 is 10.1 Å². The number of anilines is 1. The number of hydrogen-bond donors (Lipinski definition) is 3. The normalized spacial score (nSPS) is 11.1. The summed E-state index contributed by atoms with van der Waals surface area (Å²) in [5, 5.41) is 22.0. The molecule has 1 heterocycles. The molecule has 0 fully saturated rings. The van der Waals surface area contributed by atoms with Gasteiger partial charge in [0.25, 0.3) is 0 Å². The van der Waals surface area contributed by atoms with Crippen LogP contribution in [-0.4, -0.2) is 39.2 Å². The Balaban J connectivity index is 1.64. The van der Waals surface area contributed by atoms with Crippen LogP contribution in [0.1, 0.15) is 41.6 Å². The van der Waals surface area contributed by atoms with Gasteiger partial charge >= 0.3 is 5.97 Å². The van der Waals surface area contributed by atoms with Gasteiger partial charge in [-0.05, 0) is 74.9 Å². The first-order chi connectivity index (χ1) is 16.1. The SMILES string of the molecule is CCc1cc(C(=O)c2ccc(O)cc2)c(NC(=O)CSc2ccc(OC(C)(C)C(=O)O)cc2)s1. The molecular weight excluding hydrogens is 474 g/mol. The number of aliphatic carboxylic acids is 1. The molecule has 0 bridgehead atoms. The molecule has 9 heteroatoms. The number of aryl methyl sites for hydroxylation is 1. The van der Waals surface area contributed by atoms with Crippen LogP contribution in [0.2, 0.25) is 0 Å². The van der Waals surface area contributed by atoms with Crippen molar-refractivity contribution in [2.24, 2.45) is 0 Å². The number of carboxylic acid groups (broad SMARTS) is 1. The van der Waals surface area contributed by atoms with Crippen LogP contribution in [0.3, 0.4) is 0 Å². The number of hydrogen-bond acceptors (Lipinski definition) is 7. The van der Waals surface area contributed by atoms with Crippen LogP contribution in [-0.2, 0) is 16.0 Å². The Labute approximate surface area is 205 Å². The van der Waals surface area contributed by atoms with E-state index in [1.807, 2.05) is 6.92 Å². The molecule has 0 saturated heterocycles. The molecule has 3 rings (SSSR count). The number of benzene rings is 2. The number of phenols is 1. The van der Waals surface area contributed by atoms with Crippen LogP contribution >= 0.6 is 23.1 Å². The van der Waals surface area contributed by atoms with E-state index in [1.54, 1.807) is 42.5 Å². The third-order valence-corrected chi connectivity index (χ3v) is 7.05. The monoisotopic (exact) mass is 499 g/mol. The zero-order valence-electron chi connectivity index (χ0n) is 19.0. The van der Waals surface area contributed by atoms with Gasteiger partial charge in [0.2, 0.25) is 5.91 Å². The molecule has 0 atom stereocenters. The zero-order valence-corrected chi connectivity index (χ0v) is 20.6. The number of carboxylic acids is 1. The highest BCUT2D eigenvalue weighted by Crippen LogP contribution is 2.31. The van der Waals surface area contributed by atoms with Crippen molar-refractivity contribution in [3.05, 3.63) is 70.6 Å². The Kier molecular flexibility index (Phi) is 8.01. The van der Waals surface area contributed by atoms with Crippen LogP contribution in [0.25, 0.3) is 0 Å². The van der Waals surface area contributed by atoms with Crippen LogP contribution in [0.15, 0.2) is 59.5 Å². The largest absolute Gasteiger partial charge is 0.508 e. The molecule has 34 heavy (non-hydrogen) atoms. The van der Waals surface area contributed by atoms with Gasteiger partial charge in [0.1, 0.15) is 16.5 Å². The molecule has 0 aliphatic rings. The van der Waals surface area contributed by atoms with Gasteiger partial charge in [0.05, 0.1) is 11.3 Å². The Hall–Kier alpha value is -3.30. The molecule has 0 spiro atoms. The first-order valence-corrected chi connectivity index (χ1v) is 12.3. The van der Waals surface area contributed by atoms with Gasteiger partial charge < -0.3 is 20.3 Å². The van der Waals surface area contributed by atoms with E-state index in [2.05, 4.69) is 5.32 Å². The van der Waals surface area contributed by atoms with Gasteiger partial charge in [0, 0.05) is 15.3 Å². The number of thioether (sulfide) groups is 1. The predicted molar refractivity (Wildman–Crippen MR) is 133 cm³/mol. The average molecular weight is 500 g/mol. The molecule has 2 aromatic carbocycles. The molecule has 3 aromatic rings. The summed E-state index contributed by atoms with van der Waals surface area (Å²) in [7, 11) is 0. The van der Waals surface area contributed by atoms with Gasteiger partial charge in [-0.3, -0.25) is 9.59 Å². The van der Waals surface area contributed by atoms with Crippen LogP contribution in [0.4, 0.5) is 5.00 Å². The molecule has 0 aliphatic heterocycles. The number of ether oxygens (including phenoxy) is 1. The lowest BCUT2D eigenvalue weighted by molar-refractivity contribution is -0.152. The van der Waals surface area contributed by atoms with Crippen molar-refractivity contribution < 1.29 is 29.3 Å². The summed E-state index contributed by atoms with van der Waals surface area (Å²) in [5.41, 5.74) is -0.494. The smallest absolute Gasteiger partial charge is 0.347 e. The highest BCUT2D eigenvalue weighted by molar-refractivity contribution is 8.00. The van der Waals surface area contributed by atoms with E-state index in [9.17, 15) is 19.5 Å². The summed E-state index contributed by atoms with van der Waals surface area (Å²) in [6.07, 6.45) is 0.734. The molecule has 0 unspecified atom stereocenters. The maximum absolute atomic E-state index is 13.0. The van der Waals surface area contributed by atoms with Crippen molar-refractivity contribution in [1.82, 2.24) is 0 Å². The summed E-state index contributed by atoms with van der Waals surface area (Å²) in [4.78, 5) is 38.6. The minimum Gasteiger partial charge on any atom is -0.508 e. The third-order valence-electron chi connectivity index (χ3n) is 4.84. The van der Waals surface area contributed by atoms with Gasteiger partial charge in [-0.15, -0.1) is 23.1 Å². The Morgan fingerprint density at radius 2 is 1.71 bits per heavy atom. The molecule has 0 radical (unpaired) electrons. The van der Waals surface area contributed by atoms with E-state index in [0.717, 1.165) is 16.2 Å². The quantitative estimate of drug-likeness (QED) is 0.259. The molecule has 0 aliphatic carbocycles. The number of thiophene rings is 1. The molecule has 1 amide bonds. The summed E-state index contributed by atoms with van der Waals surface area (Å²) >= 11 is 2.68. The van der Waals surface area contributed by atoms with Crippen molar-refractivity contribution in [3.8, 4) is 11.5 Å². The average Bonchev–Trinajstić information content (AvgIpc) is 3.21. The number of aromatic hydroxyl groups is 1. The number of phenolic OH excluding ortho intramolecular Hbond substituents is 1. The van der Waals surface area contributed by atoms with E-state index in [0.29, 0.717) is 21.9 Å². The van der Waals surface area contributed by atoms with E-state index in [4.69, 9.17) is 9.84 Å². The van der Waals surface area contributed by atoms with Crippen LogP contribution in [0.5, 0.6) is 11.5 Å². The van der Waals surface area contributed by atoms with Crippen molar-refractivity contribution >= 4 is 45.8 Å². The highest BCUT2D eigenvalue weighted by atomic mass is 32.2. The first kappa shape index (κ1) is 25.3. The summed E-state index contributed by atoms with van der Waals surface area (Å²) in [5.74, 6) is -0.908. The minimum absolute atomic E-state index is 0.0758. The second-order valence-corrected chi connectivity index (χ2v) is 10.1. The fraction of sp³-hybridized carbons (Fsp3) is 0.240. The molecule has 3 N–H and O–H groups in total. The van der Waals surface area contributed by atoms with Crippen molar-refractivity contribution in [2.75, 3.05) is 11.1 Å². The number of rotatable bonds is 10. The van der Waals surface area contributed by atoms with E-state index >= 15 is 0 Å². The lowest BCUT2D eigenvalue weighted by Gasteiger charge is -2.21. The predicted octanol–water partition coefficient (Wildman–Crippen LogP) is 5.22. The zero-order chi connectivity index (χ0) is 24.9. The first-order valence-electron chi connectivity index (χ1n) is 10.5. The maximum atomic E-state index is 13.0. The number of amides is 1. The Bertz CT molecular complexity index is 1180. The lowest BCUT2D eigenvalue weighted by Crippen LogP contribution is -2.37. The van der Waals surface area contributed by atoms with Crippen LogP contribution in [0, 0.1) is 0 Å². The summed E-state index contributed by atoms with van der Waals surface area (Å²) < 4.78 is 5.48. The second-order valence-electron chi connectivity index (χ2n) is 7.91. The standard InChI is InChI=1S/C25H25NO6S2/c1-4-18-13-20(22(29)15-5-7-16(27)8-6-15)23(34-18)26-21(28)14-33-19-11-9-17(10-12-19)32-25(2,3)24(30)31/h5-13,27H,4,14H2,1-3H3,(H,26,28)(H,30,31). The third kappa shape index (κ3) is 6.39. The van der Waals surface area contributed by atoms with Crippen molar-refractivity contribution in [1.29, 1.82) is 0 Å². The van der Waals surface area contributed by atoms with Gasteiger partial charge in [0.15, 0.2) is 11.4 Å². The van der Waals surface area contributed by atoms with E-state index in [1.165, 1.54) is 49.1 Å². The topological polar surface area (TPSA) is 113 Å². The summed E-state index contributed by atoms with van der Waals surface area (Å²) in [6.45, 7) is 4.92. The molecule has 0 saturated carbocycles. The maximum Gasteiger partial charge on any atom is 0.347 e. The van der Waals surface area contributed by atoms with Gasteiger partial charge in [-0.25, -0.2) is 4.79 Å². The summed E-state index contributed by atoms with van der Waals surface area (Å²) in [6, 6.07) is 14.6. The fourth-order valence-corrected chi connectivity index (χ4v) is 4.61. The number of carbonyl (C=O) groups excluding carboxylic acids is 2. The Morgan fingerprint density at radius 3 is 2.29 bits per heavy atom. The molecule has 7 nitrogen and oxygen atoms in total. The Morgan fingerprint density at radius 1 is 1.06 bits per heavy atom. The minimum atomic E-state index is -1.35. The molecule has 178 valence electrons. The van der Waals surface area contributed by atoms with E-state index < -0.39 is 11.6 Å². The van der Waals surface area contributed by atoms with Gasteiger partial charge in [-0.1, -0.05) is 6.92 Å². The molecule has 1 aromatic heterocycles.